The summed E-state index contributed by atoms with van der Waals surface area (Å²) in [6.07, 6.45) is 5.33. The van der Waals surface area contributed by atoms with Crippen LogP contribution in [0.1, 0.15) is 11.6 Å². The molecule has 0 radical (unpaired) electrons. The third kappa shape index (κ3) is 2.74. The summed E-state index contributed by atoms with van der Waals surface area (Å²) in [5.41, 5.74) is 1.76. The molecule has 0 aliphatic rings. The van der Waals surface area contributed by atoms with E-state index in [1.807, 2.05) is 54.6 Å². The van der Waals surface area contributed by atoms with Crippen molar-refractivity contribution in [3.63, 3.8) is 0 Å². The Labute approximate surface area is 110 Å². The smallest absolute Gasteiger partial charge is 0.248 e. The zero-order chi connectivity index (χ0) is 12.9. The van der Waals surface area contributed by atoms with Crippen LogP contribution in [0.4, 0.5) is 0 Å². The van der Waals surface area contributed by atoms with Gasteiger partial charge in [0, 0.05) is 17.8 Å². The van der Waals surface area contributed by atoms with E-state index in [-0.39, 0.29) is 0 Å². The molecular weight excluding hydrogens is 238 g/mol. The van der Waals surface area contributed by atoms with E-state index in [4.69, 9.17) is 4.42 Å². The molecule has 19 heavy (non-hydrogen) atoms. The summed E-state index contributed by atoms with van der Waals surface area (Å²) < 4.78 is 5.55. The zero-order valence-electron chi connectivity index (χ0n) is 10.1. The van der Waals surface area contributed by atoms with Crippen LogP contribution in [-0.4, -0.2) is 15.2 Å². The van der Waals surface area contributed by atoms with Gasteiger partial charge in [-0.2, -0.15) is 0 Å². The normalized spacial score (nSPS) is 10.9. The minimum absolute atomic E-state index is 0.463. The predicted octanol–water partition coefficient (Wildman–Crippen LogP) is 3.30. The van der Waals surface area contributed by atoms with Gasteiger partial charge in [0.2, 0.25) is 11.8 Å². The molecule has 3 aromatic rings. The van der Waals surface area contributed by atoms with Gasteiger partial charge in [-0.1, -0.05) is 24.3 Å². The Bertz CT molecular complexity index is 675. The minimum atomic E-state index is 0.463. The van der Waals surface area contributed by atoms with Crippen molar-refractivity contribution in [2.75, 3.05) is 0 Å². The number of hydrogen-bond donors (Lipinski definition) is 0. The van der Waals surface area contributed by atoms with Gasteiger partial charge in [-0.15, -0.1) is 10.2 Å². The quantitative estimate of drug-likeness (QED) is 0.714. The second kappa shape index (κ2) is 5.27. The van der Waals surface area contributed by atoms with Crippen molar-refractivity contribution < 1.29 is 4.42 Å². The molecule has 0 bridgehead atoms. The van der Waals surface area contributed by atoms with Crippen molar-refractivity contribution in [2.45, 2.75) is 0 Å². The predicted molar refractivity (Wildman–Crippen MR) is 72.9 cm³/mol. The summed E-state index contributed by atoms with van der Waals surface area (Å²) in [7, 11) is 0. The van der Waals surface area contributed by atoms with E-state index >= 15 is 0 Å². The highest BCUT2D eigenvalue weighted by Crippen LogP contribution is 2.17. The summed E-state index contributed by atoms with van der Waals surface area (Å²) in [5, 5.41) is 7.99. The first-order valence-electron chi connectivity index (χ1n) is 5.90. The van der Waals surface area contributed by atoms with Crippen LogP contribution in [0.15, 0.2) is 59.1 Å². The molecule has 0 atom stereocenters. The van der Waals surface area contributed by atoms with E-state index in [0.717, 1.165) is 11.3 Å². The Hall–Kier alpha value is -2.75. The van der Waals surface area contributed by atoms with Crippen LogP contribution in [-0.2, 0) is 0 Å². The molecule has 4 heteroatoms. The lowest BCUT2D eigenvalue weighted by Gasteiger charge is -1.91. The van der Waals surface area contributed by atoms with Crippen LogP contribution in [0.2, 0.25) is 0 Å². The fourth-order valence-corrected chi connectivity index (χ4v) is 1.63. The molecular formula is C15H11N3O. The summed E-state index contributed by atoms with van der Waals surface area (Å²) in [6.45, 7) is 0. The first-order valence-corrected chi connectivity index (χ1v) is 5.90. The number of benzene rings is 1. The van der Waals surface area contributed by atoms with Gasteiger partial charge < -0.3 is 4.42 Å². The third-order valence-electron chi connectivity index (χ3n) is 2.55. The molecule has 0 saturated carbocycles. The number of nitrogens with zero attached hydrogens (tertiary/aromatic N) is 3. The van der Waals surface area contributed by atoms with E-state index in [0.29, 0.717) is 11.8 Å². The Balaban J connectivity index is 1.81. The highest BCUT2D eigenvalue weighted by atomic mass is 16.4. The number of hydrogen-bond acceptors (Lipinski definition) is 4. The molecule has 2 aromatic heterocycles. The monoisotopic (exact) mass is 249 g/mol. The first-order chi connectivity index (χ1) is 9.42. The molecule has 0 aliphatic heterocycles. The molecule has 2 heterocycles. The molecule has 0 saturated heterocycles. The summed E-state index contributed by atoms with van der Waals surface area (Å²) in [6, 6.07) is 15.4. The van der Waals surface area contributed by atoms with Gasteiger partial charge in [0.25, 0.3) is 0 Å². The van der Waals surface area contributed by atoms with Crippen LogP contribution in [0.3, 0.4) is 0 Å². The van der Waals surface area contributed by atoms with Crippen molar-refractivity contribution in [2.24, 2.45) is 0 Å². The van der Waals surface area contributed by atoms with E-state index in [1.54, 1.807) is 12.3 Å². The van der Waals surface area contributed by atoms with Crippen LogP contribution >= 0.6 is 0 Å². The van der Waals surface area contributed by atoms with Crippen LogP contribution in [0.5, 0.6) is 0 Å². The third-order valence-corrected chi connectivity index (χ3v) is 2.55. The lowest BCUT2D eigenvalue weighted by Crippen LogP contribution is -1.77. The van der Waals surface area contributed by atoms with Gasteiger partial charge in [-0.3, -0.25) is 4.98 Å². The maximum Gasteiger partial charge on any atom is 0.248 e. The molecule has 1 aromatic carbocycles. The Morgan fingerprint density at radius 2 is 1.68 bits per heavy atom. The van der Waals surface area contributed by atoms with Gasteiger partial charge in [-0.25, -0.2) is 0 Å². The largest absolute Gasteiger partial charge is 0.417 e. The van der Waals surface area contributed by atoms with Gasteiger partial charge >= 0.3 is 0 Å². The molecule has 92 valence electrons. The number of rotatable bonds is 3. The lowest BCUT2D eigenvalue weighted by molar-refractivity contribution is 0.558. The highest BCUT2D eigenvalue weighted by Gasteiger charge is 2.05. The van der Waals surface area contributed by atoms with Gasteiger partial charge in [0.1, 0.15) is 0 Å². The summed E-state index contributed by atoms with van der Waals surface area (Å²) in [5.74, 6) is 0.978. The average Bonchev–Trinajstić information content (AvgIpc) is 2.96. The molecule has 0 amide bonds. The van der Waals surface area contributed by atoms with E-state index in [2.05, 4.69) is 15.2 Å². The van der Waals surface area contributed by atoms with Crippen molar-refractivity contribution in [1.82, 2.24) is 15.2 Å². The molecule has 0 spiro atoms. The zero-order valence-corrected chi connectivity index (χ0v) is 10.1. The standard InChI is InChI=1S/C15H11N3O/c1-2-6-12(7-3-1)15-18-17-14(19-15)10-9-13-8-4-5-11-16-13/h1-11H. The number of aromatic nitrogens is 3. The van der Waals surface area contributed by atoms with Gasteiger partial charge in [-0.05, 0) is 30.3 Å². The van der Waals surface area contributed by atoms with Gasteiger partial charge in [0.05, 0.1) is 5.69 Å². The van der Waals surface area contributed by atoms with Crippen LogP contribution in [0, 0.1) is 0 Å². The summed E-state index contributed by atoms with van der Waals surface area (Å²) >= 11 is 0. The Morgan fingerprint density at radius 3 is 2.47 bits per heavy atom. The molecule has 0 N–H and O–H groups in total. The lowest BCUT2D eigenvalue weighted by atomic mass is 10.2. The SMILES string of the molecule is C(=Cc1nnc(-c2ccccc2)o1)c1ccccn1. The van der Waals surface area contributed by atoms with Crippen molar-refractivity contribution in [3.8, 4) is 11.5 Å². The van der Waals surface area contributed by atoms with Crippen LogP contribution in [0.25, 0.3) is 23.6 Å². The molecule has 3 rings (SSSR count). The number of pyridine rings is 1. The second-order valence-electron chi connectivity index (χ2n) is 3.90. The molecule has 4 nitrogen and oxygen atoms in total. The minimum Gasteiger partial charge on any atom is -0.417 e. The van der Waals surface area contributed by atoms with Crippen molar-refractivity contribution >= 4 is 12.2 Å². The second-order valence-corrected chi connectivity index (χ2v) is 3.90. The summed E-state index contributed by atoms with van der Waals surface area (Å²) in [4.78, 5) is 4.18. The fourth-order valence-electron chi connectivity index (χ4n) is 1.63. The molecule has 0 aliphatic carbocycles. The molecule has 0 fully saturated rings. The Morgan fingerprint density at radius 1 is 0.842 bits per heavy atom. The van der Waals surface area contributed by atoms with Crippen LogP contribution < -0.4 is 0 Å². The fraction of sp³-hybridized carbons (Fsp3) is 0. The first kappa shape index (κ1) is 11.3. The van der Waals surface area contributed by atoms with E-state index < -0.39 is 0 Å². The van der Waals surface area contributed by atoms with Crippen molar-refractivity contribution in [1.29, 1.82) is 0 Å². The highest BCUT2D eigenvalue weighted by molar-refractivity contribution is 5.64. The maximum atomic E-state index is 5.55. The van der Waals surface area contributed by atoms with Gasteiger partial charge in [0.15, 0.2) is 0 Å². The van der Waals surface area contributed by atoms with E-state index in [9.17, 15) is 0 Å². The van der Waals surface area contributed by atoms with Crippen molar-refractivity contribution in [3.05, 3.63) is 66.3 Å². The topological polar surface area (TPSA) is 51.8 Å². The van der Waals surface area contributed by atoms with E-state index in [1.165, 1.54) is 0 Å². The average molecular weight is 249 g/mol. The molecule has 0 unspecified atom stereocenters. The maximum absolute atomic E-state index is 5.55. The Kier molecular flexibility index (Phi) is 3.14.